The number of imidazole rings is 1. The summed E-state index contributed by atoms with van der Waals surface area (Å²) in [5, 5.41) is 4.93. The van der Waals surface area contributed by atoms with Crippen LogP contribution in [0.3, 0.4) is 0 Å². The molecule has 0 spiro atoms. The molecular formula is C17H16N4O3S. The lowest BCUT2D eigenvalue weighted by atomic mass is 10.3. The Balaban J connectivity index is 1.54. The van der Waals surface area contributed by atoms with Crippen LogP contribution in [-0.2, 0) is 17.0 Å². The van der Waals surface area contributed by atoms with Gasteiger partial charge in [-0.2, -0.15) is 4.98 Å². The molecule has 0 aliphatic rings. The second-order valence-corrected chi connectivity index (χ2v) is 6.29. The number of furan rings is 1. The molecule has 8 heteroatoms. The maximum Gasteiger partial charge on any atom is 0.261 e. The van der Waals surface area contributed by atoms with E-state index in [9.17, 15) is 0 Å². The van der Waals surface area contributed by atoms with Gasteiger partial charge in [0, 0.05) is 13.7 Å². The van der Waals surface area contributed by atoms with Crippen molar-refractivity contribution in [3.05, 3.63) is 48.7 Å². The van der Waals surface area contributed by atoms with E-state index in [1.54, 1.807) is 37.5 Å². The van der Waals surface area contributed by atoms with Crippen LogP contribution in [0.4, 0.5) is 0 Å². The van der Waals surface area contributed by atoms with E-state index in [2.05, 4.69) is 20.8 Å². The van der Waals surface area contributed by atoms with Crippen LogP contribution in [0.1, 0.15) is 5.82 Å². The molecule has 1 aromatic carbocycles. The molecule has 0 aliphatic carbocycles. The zero-order valence-electron chi connectivity index (χ0n) is 13.6. The fourth-order valence-corrected chi connectivity index (χ4v) is 3.39. The van der Waals surface area contributed by atoms with Gasteiger partial charge in [-0.1, -0.05) is 29.1 Å². The Labute approximate surface area is 148 Å². The van der Waals surface area contributed by atoms with Crippen LogP contribution in [0.2, 0.25) is 0 Å². The van der Waals surface area contributed by atoms with Crippen molar-refractivity contribution >= 4 is 22.8 Å². The number of methoxy groups -OCH3 is 1. The summed E-state index contributed by atoms with van der Waals surface area (Å²) in [6, 6.07) is 9.86. The van der Waals surface area contributed by atoms with Crippen LogP contribution >= 0.6 is 11.8 Å². The van der Waals surface area contributed by atoms with Gasteiger partial charge in [-0.3, -0.25) is 0 Å². The first kappa shape index (κ1) is 15.9. The van der Waals surface area contributed by atoms with E-state index >= 15 is 0 Å². The SMILES string of the molecule is COCCn1c(SCc2noc(-c3ccoc3)n2)nc2ccccc21. The summed E-state index contributed by atoms with van der Waals surface area (Å²) < 4.78 is 17.7. The molecule has 0 amide bonds. The molecule has 0 saturated carbocycles. The average Bonchev–Trinajstić information content (AvgIpc) is 3.36. The number of fused-ring (bicyclic) bond motifs is 1. The first-order valence-corrected chi connectivity index (χ1v) is 8.76. The standard InChI is InChI=1S/C17H16N4O3S/c1-22-9-7-21-14-5-3-2-4-13(14)18-17(21)25-11-15-19-16(24-20-15)12-6-8-23-10-12/h2-6,8,10H,7,9,11H2,1H3. The molecule has 0 fully saturated rings. The van der Waals surface area contributed by atoms with Crippen LogP contribution in [0.25, 0.3) is 22.5 Å². The van der Waals surface area contributed by atoms with Crippen LogP contribution in [-0.4, -0.2) is 33.4 Å². The average molecular weight is 356 g/mol. The number of thioether (sulfide) groups is 1. The maximum atomic E-state index is 5.27. The molecule has 0 saturated heterocycles. The van der Waals surface area contributed by atoms with Gasteiger partial charge >= 0.3 is 0 Å². The largest absolute Gasteiger partial charge is 0.472 e. The van der Waals surface area contributed by atoms with Crippen molar-refractivity contribution < 1.29 is 13.7 Å². The van der Waals surface area contributed by atoms with Crippen LogP contribution < -0.4 is 0 Å². The first-order valence-electron chi connectivity index (χ1n) is 7.77. The molecular weight excluding hydrogens is 340 g/mol. The molecule has 0 unspecified atom stereocenters. The molecule has 4 aromatic rings. The minimum absolute atomic E-state index is 0.456. The molecule has 0 atom stereocenters. The molecule has 128 valence electrons. The van der Waals surface area contributed by atoms with Crippen molar-refractivity contribution in [1.29, 1.82) is 0 Å². The lowest BCUT2D eigenvalue weighted by molar-refractivity contribution is 0.186. The molecule has 0 aliphatic heterocycles. The zero-order chi connectivity index (χ0) is 17.1. The van der Waals surface area contributed by atoms with Crippen LogP contribution in [0.5, 0.6) is 0 Å². The second kappa shape index (κ2) is 7.12. The molecule has 3 aromatic heterocycles. The number of ether oxygens (including phenoxy) is 1. The summed E-state index contributed by atoms with van der Waals surface area (Å²) in [5.41, 5.74) is 2.83. The highest BCUT2D eigenvalue weighted by molar-refractivity contribution is 7.98. The van der Waals surface area contributed by atoms with Gasteiger partial charge in [0.2, 0.25) is 0 Å². The van der Waals surface area contributed by atoms with E-state index in [0.29, 0.717) is 24.1 Å². The van der Waals surface area contributed by atoms with Gasteiger partial charge < -0.3 is 18.2 Å². The van der Waals surface area contributed by atoms with E-state index in [4.69, 9.17) is 18.7 Å². The van der Waals surface area contributed by atoms with Gasteiger partial charge in [-0.25, -0.2) is 4.98 Å². The third-order valence-corrected chi connectivity index (χ3v) is 4.68. The highest BCUT2D eigenvalue weighted by Crippen LogP contribution is 2.27. The highest BCUT2D eigenvalue weighted by atomic mass is 32.2. The van der Waals surface area contributed by atoms with Gasteiger partial charge in [0.15, 0.2) is 11.0 Å². The van der Waals surface area contributed by atoms with E-state index < -0.39 is 0 Å². The quantitative estimate of drug-likeness (QED) is 0.468. The van der Waals surface area contributed by atoms with Crippen molar-refractivity contribution in [3.63, 3.8) is 0 Å². The zero-order valence-corrected chi connectivity index (χ0v) is 14.4. The third kappa shape index (κ3) is 3.31. The second-order valence-electron chi connectivity index (χ2n) is 5.34. The number of hydrogen-bond acceptors (Lipinski definition) is 7. The molecule has 3 heterocycles. The van der Waals surface area contributed by atoms with Crippen molar-refractivity contribution in [3.8, 4) is 11.5 Å². The van der Waals surface area contributed by atoms with Crippen molar-refractivity contribution in [2.24, 2.45) is 0 Å². The van der Waals surface area contributed by atoms with Gasteiger partial charge in [-0.15, -0.1) is 0 Å². The summed E-state index contributed by atoms with van der Waals surface area (Å²) in [4.78, 5) is 9.10. The Morgan fingerprint density at radius 2 is 2.12 bits per heavy atom. The Kier molecular flexibility index (Phi) is 4.53. The lowest BCUT2D eigenvalue weighted by Crippen LogP contribution is -2.05. The minimum atomic E-state index is 0.456. The topological polar surface area (TPSA) is 79.1 Å². The normalized spacial score (nSPS) is 11.4. The van der Waals surface area contributed by atoms with Crippen molar-refractivity contribution in [2.75, 3.05) is 13.7 Å². The predicted octanol–water partition coefficient (Wildman–Crippen LogP) is 3.62. The van der Waals surface area contributed by atoms with E-state index in [1.807, 2.05) is 18.2 Å². The Morgan fingerprint density at radius 1 is 1.20 bits per heavy atom. The van der Waals surface area contributed by atoms with E-state index in [1.165, 1.54) is 0 Å². The van der Waals surface area contributed by atoms with Crippen molar-refractivity contribution in [2.45, 2.75) is 17.5 Å². The summed E-state index contributed by atoms with van der Waals surface area (Å²) in [6.45, 7) is 1.37. The molecule has 4 rings (SSSR count). The molecule has 25 heavy (non-hydrogen) atoms. The summed E-state index contributed by atoms with van der Waals surface area (Å²) in [6.07, 6.45) is 3.15. The first-order chi connectivity index (χ1) is 12.3. The number of nitrogens with zero attached hydrogens (tertiary/aromatic N) is 4. The maximum absolute atomic E-state index is 5.27. The number of rotatable bonds is 7. The van der Waals surface area contributed by atoms with Gasteiger partial charge in [0.1, 0.15) is 6.26 Å². The summed E-state index contributed by atoms with van der Waals surface area (Å²) >= 11 is 1.57. The van der Waals surface area contributed by atoms with Gasteiger partial charge in [-0.05, 0) is 18.2 Å². The third-order valence-electron chi connectivity index (χ3n) is 3.71. The van der Waals surface area contributed by atoms with Crippen LogP contribution in [0.15, 0.2) is 57.0 Å². The number of para-hydroxylation sites is 2. The number of aromatic nitrogens is 4. The predicted molar refractivity (Wildman–Crippen MR) is 93.2 cm³/mol. The van der Waals surface area contributed by atoms with Crippen molar-refractivity contribution in [1.82, 2.24) is 19.7 Å². The molecule has 0 N–H and O–H groups in total. The molecule has 0 radical (unpaired) electrons. The lowest BCUT2D eigenvalue weighted by Gasteiger charge is -2.07. The number of benzene rings is 1. The fourth-order valence-electron chi connectivity index (χ4n) is 2.51. The van der Waals surface area contributed by atoms with E-state index in [-0.39, 0.29) is 0 Å². The number of hydrogen-bond donors (Lipinski definition) is 0. The summed E-state index contributed by atoms with van der Waals surface area (Å²) in [5.74, 6) is 1.64. The highest BCUT2D eigenvalue weighted by Gasteiger charge is 2.14. The smallest absolute Gasteiger partial charge is 0.261 e. The Morgan fingerprint density at radius 3 is 2.96 bits per heavy atom. The monoisotopic (exact) mass is 356 g/mol. The van der Waals surface area contributed by atoms with Gasteiger partial charge in [0.05, 0.1) is 35.2 Å². The minimum Gasteiger partial charge on any atom is -0.472 e. The summed E-state index contributed by atoms with van der Waals surface area (Å²) in [7, 11) is 1.70. The Bertz CT molecular complexity index is 962. The fraction of sp³-hybridized carbons (Fsp3) is 0.235. The Hall–Kier alpha value is -2.58. The molecule has 0 bridgehead atoms. The molecule has 7 nitrogen and oxygen atoms in total. The van der Waals surface area contributed by atoms with Gasteiger partial charge in [0.25, 0.3) is 5.89 Å². The van der Waals surface area contributed by atoms with Crippen LogP contribution in [0, 0.1) is 0 Å². The van der Waals surface area contributed by atoms with E-state index in [0.717, 1.165) is 28.3 Å².